The second kappa shape index (κ2) is 4.59. The molecule has 1 aliphatic rings. The van der Waals surface area contributed by atoms with Gasteiger partial charge >= 0.3 is 0 Å². The van der Waals surface area contributed by atoms with Crippen molar-refractivity contribution in [3.05, 3.63) is 0 Å². The SMILES string of the molecule is CC[C@H](N)CN1CCS(=O)(=O)CC1C. The Hall–Kier alpha value is -0.130. The summed E-state index contributed by atoms with van der Waals surface area (Å²) < 4.78 is 22.6. The van der Waals surface area contributed by atoms with E-state index in [4.69, 9.17) is 5.73 Å². The van der Waals surface area contributed by atoms with E-state index in [0.717, 1.165) is 13.0 Å². The molecule has 0 saturated carbocycles. The summed E-state index contributed by atoms with van der Waals surface area (Å²) in [5.74, 6) is 0.567. The van der Waals surface area contributed by atoms with Crippen LogP contribution in [0.4, 0.5) is 0 Å². The van der Waals surface area contributed by atoms with Gasteiger partial charge in [-0.25, -0.2) is 8.42 Å². The number of nitrogens with zero attached hydrogens (tertiary/aromatic N) is 1. The van der Waals surface area contributed by atoms with E-state index >= 15 is 0 Å². The quantitative estimate of drug-likeness (QED) is 0.718. The molecule has 0 radical (unpaired) electrons. The van der Waals surface area contributed by atoms with Crippen molar-refractivity contribution in [1.82, 2.24) is 4.90 Å². The average Bonchev–Trinajstić information content (AvgIpc) is 2.09. The Morgan fingerprint density at radius 1 is 1.57 bits per heavy atom. The van der Waals surface area contributed by atoms with Crippen LogP contribution in [-0.2, 0) is 9.84 Å². The van der Waals surface area contributed by atoms with Crippen molar-refractivity contribution >= 4 is 9.84 Å². The van der Waals surface area contributed by atoms with Gasteiger partial charge in [-0.3, -0.25) is 4.90 Å². The van der Waals surface area contributed by atoms with Crippen LogP contribution in [0.25, 0.3) is 0 Å². The van der Waals surface area contributed by atoms with Crippen molar-refractivity contribution in [2.45, 2.75) is 32.4 Å². The maximum absolute atomic E-state index is 11.3. The van der Waals surface area contributed by atoms with Gasteiger partial charge in [0.15, 0.2) is 9.84 Å². The molecule has 0 aromatic rings. The van der Waals surface area contributed by atoms with Crippen LogP contribution in [0.1, 0.15) is 20.3 Å². The van der Waals surface area contributed by atoms with Gasteiger partial charge in [0.05, 0.1) is 11.5 Å². The minimum Gasteiger partial charge on any atom is -0.327 e. The van der Waals surface area contributed by atoms with Crippen molar-refractivity contribution in [1.29, 1.82) is 0 Å². The van der Waals surface area contributed by atoms with Gasteiger partial charge in [0.1, 0.15) is 0 Å². The van der Waals surface area contributed by atoms with Crippen LogP contribution >= 0.6 is 0 Å². The molecule has 1 saturated heterocycles. The zero-order chi connectivity index (χ0) is 10.8. The summed E-state index contributed by atoms with van der Waals surface area (Å²) >= 11 is 0. The first-order chi connectivity index (χ1) is 6.44. The van der Waals surface area contributed by atoms with Crippen LogP contribution in [0.3, 0.4) is 0 Å². The van der Waals surface area contributed by atoms with E-state index in [1.165, 1.54) is 0 Å². The Bertz CT molecular complexity index is 277. The van der Waals surface area contributed by atoms with Gasteiger partial charge in [-0.2, -0.15) is 0 Å². The van der Waals surface area contributed by atoms with E-state index in [1.807, 2.05) is 6.92 Å². The number of sulfone groups is 1. The molecule has 0 spiro atoms. The van der Waals surface area contributed by atoms with Crippen molar-refractivity contribution < 1.29 is 8.42 Å². The summed E-state index contributed by atoms with van der Waals surface area (Å²) in [6.45, 7) is 5.46. The minimum absolute atomic E-state index is 0.117. The molecule has 2 atom stereocenters. The van der Waals surface area contributed by atoms with E-state index < -0.39 is 9.84 Å². The fourth-order valence-electron chi connectivity index (χ4n) is 1.73. The van der Waals surface area contributed by atoms with Crippen LogP contribution in [0.5, 0.6) is 0 Å². The van der Waals surface area contributed by atoms with Gasteiger partial charge in [0, 0.05) is 25.2 Å². The lowest BCUT2D eigenvalue weighted by molar-refractivity contribution is 0.211. The molecule has 1 aliphatic heterocycles. The predicted molar refractivity (Wildman–Crippen MR) is 58.0 cm³/mol. The number of hydrogen-bond donors (Lipinski definition) is 1. The Balaban J connectivity index is 2.50. The third-order valence-corrected chi connectivity index (χ3v) is 4.60. The molecular weight excluding hydrogens is 200 g/mol. The third-order valence-electron chi connectivity index (χ3n) is 2.80. The second-order valence-corrected chi connectivity index (χ2v) is 6.36. The van der Waals surface area contributed by atoms with Crippen LogP contribution in [-0.4, -0.2) is 50.0 Å². The van der Waals surface area contributed by atoms with Crippen molar-refractivity contribution in [3.8, 4) is 0 Å². The molecule has 1 fully saturated rings. The van der Waals surface area contributed by atoms with Gasteiger partial charge in [0.25, 0.3) is 0 Å². The summed E-state index contributed by atoms with van der Waals surface area (Å²) in [5, 5.41) is 0. The van der Waals surface area contributed by atoms with Crippen LogP contribution < -0.4 is 5.73 Å². The van der Waals surface area contributed by atoms with Crippen molar-refractivity contribution in [3.63, 3.8) is 0 Å². The molecular formula is C9H20N2O2S. The summed E-state index contributed by atoms with van der Waals surface area (Å²) in [6.07, 6.45) is 0.940. The first kappa shape index (κ1) is 11.9. The molecule has 0 aromatic carbocycles. The molecule has 0 aliphatic carbocycles. The second-order valence-electron chi connectivity index (χ2n) is 4.13. The predicted octanol–water partition coefficient (Wildman–Crippen LogP) is -0.157. The van der Waals surface area contributed by atoms with E-state index in [0.29, 0.717) is 6.54 Å². The zero-order valence-corrected chi connectivity index (χ0v) is 9.76. The molecule has 1 heterocycles. The first-order valence-electron chi connectivity index (χ1n) is 5.14. The standard InChI is InChI=1S/C9H20N2O2S/c1-3-9(10)6-11-4-5-14(12,13)7-8(11)2/h8-9H,3-7,10H2,1-2H3/t8?,9-/m0/s1. The van der Waals surface area contributed by atoms with Gasteiger partial charge in [-0.05, 0) is 13.3 Å². The molecule has 1 rings (SSSR count). The topological polar surface area (TPSA) is 63.4 Å². The molecule has 84 valence electrons. The van der Waals surface area contributed by atoms with Gasteiger partial charge in [-0.15, -0.1) is 0 Å². The maximum atomic E-state index is 11.3. The molecule has 4 nitrogen and oxygen atoms in total. The smallest absolute Gasteiger partial charge is 0.153 e. The largest absolute Gasteiger partial charge is 0.327 e. The van der Waals surface area contributed by atoms with Crippen molar-refractivity contribution in [2.75, 3.05) is 24.6 Å². The van der Waals surface area contributed by atoms with Crippen LogP contribution in [0, 0.1) is 0 Å². The molecule has 1 unspecified atom stereocenters. The summed E-state index contributed by atoms with van der Waals surface area (Å²) in [5.41, 5.74) is 5.84. The Morgan fingerprint density at radius 2 is 2.21 bits per heavy atom. The number of nitrogens with two attached hydrogens (primary N) is 1. The molecule has 0 bridgehead atoms. The lowest BCUT2D eigenvalue weighted by atomic mass is 10.2. The number of rotatable bonds is 3. The highest BCUT2D eigenvalue weighted by molar-refractivity contribution is 7.91. The van der Waals surface area contributed by atoms with E-state index in [2.05, 4.69) is 11.8 Å². The van der Waals surface area contributed by atoms with Gasteiger partial charge < -0.3 is 5.73 Å². The molecule has 14 heavy (non-hydrogen) atoms. The Kier molecular flexibility index (Phi) is 3.92. The lowest BCUT2D eigenvalue weighted by Crippen LogP contribution is -2.50. The van der Waals surface area contributed by atoms with Gasteiger partial charge in [0.2, 0.25) is 0 Å². The highest BCUT2D eigenvalue weighted by Gasteiger charge is 2.28. The lowest BCUT2D eigenvalue weighted by Gasteiger charge is -2.34. The monoisotopic (exact) mass is 220 g/mol. The first-order valence-corrected chi connectivity index (χ1v) is 6.97. The van der Waals surface area contributed by atoms with Crippen LogP contribution in [0.2, 0.25) is 0 Å². The van der Waals surface area contributed by atoms with E-state index in [-0.39, 0.29) is 23.6 Å². The maximum Gasteiger partial charge on any atom is 0.153 e. The minimum atomic E-state index is -2.79. The molecule has 2 N–H and O–H groups in total. The van der Waals surface area contributed by atoms with Crippen LogP contribution in [0.15, 0.2) is 0 Å². The van der Waals surface area contributed by atoms with E-state index in [1.54, 1.807) is 0 Å². The van der Waals surface area contributed by atoms with Crippen molar-refractivity contribution in [2.24, 2.45) is 5.73 Å². The van der Waals surface area contributed by atoms with E-state index in [9.17, 15) is 8.42 Å². The highest BCUT2D eigenvalue weighted by Crippen LogP contribution is 2.11. The van der Waals surface area contributed by atoms with Gasteiger partial charge in [-0.1, -0.05) is 6.92 Å². The zero-order valence-electron chi connectivity index (χ0n) is 8.94. The molecule has 5 heteroatoms. The number of hydrogen-bond acceptors (Lipinski definition) is 4. The Labute approximate surface area is 86.4 Å². The fraction of sp³-hybridized carbons (Fsp3) is 1.00. The fourth-order valence-corrected chi connectivity index (χ4v) is 3.36. The normalized spacial score (nSPS) is 30.1. The summed E-state index contributed by atoms with van der Waals surface area (Å²) in [6, 6.07) is 0.282. The summed E-state index contributed by atoms with van der Waals surface area (Å²) in [4.78, 5) is 2.18. The molecule has 0 amide bonds. The average molecular weight is 220 g/mol. The molecule has 0 aromatic heterocycles. The Morgan fingerprint density at radius 3 is 2.71 bits per heavy atom. The summed E-state index contributed by atoms with van der Waals surface area (Å²) in [7, 11) is -2.79. The third kappa shape index (κ3) is 3.22. The highest BCUT2D eigenvalue weighted by atomic mass is 32.2.